The third-order valence-corrected chi connectivity index (χ3v) is 3.83. The van der Waals surface area contributed by atoms with Gasteiger partial charge in [-0.1, -0.05) is 0 Å². The zero-order chi connectivity index (χ0) is 12.4. The van der Waals surface area contributed by atoms with Crippen LogP contribution in [0, 0.1) is 0 Å². The third kappa shape index (κ3) is 2.78. The van der Waals surface area contributed by atoms with E-state index in [0.717, 1.165) is 39.3 Å². The number of rotatable bonds is 3. The highest BCUT2D eigenvalue weighted by Gasteiger charge is 2.40. The predicted molar refractivity (Wildman–Crippen MR) is 64.1 cm³/mol. The van der Waals surface area contributed by atoms with Crippen molar-refractivity contribution in [3.05, 3.63) is 0 Å². The first-order valence-electron chi connectivity index (χ1n) is 6.40. The van der Waals surface area contributed by atoms with Crippen LogP contribution in [0.4, 0.5) is 0 Å². The van der Waals surface area contributed by atoms with Crippen molar-refractivity contribution in [3.63, 3.8) is 0 Å². The quantitative estimate of drug-likeness (QED) is 0.769. The van der Waals surface area contributed by atoms with Crippen LogP contribution >= 0.6 is 0 Å². The topological polar surface area (TPSA) is 53.0 Å². The van der Waals surface area contributed by atoms with E-state index in [1.54, 1.807) is 0 Å². The molecule has 0 unspecified atom stereocenters. The van der Waals surface area contributed by atoms with Gasteiger partial charge in [0, 0.05) is 31.7 Å². The molecule has 0 aliphatic carbocycles. The molecule has 0 aromatic carbocycles. The summed E-state index contributed by atoms with van der Waals surface area (Å²) in [6, 6.07) is 0.354. The fourth-order valence-electron chi connectivity index (χ4n) is 2.86. The van der Waals surface area contributed by atoms with Crippen molar-refractivity contribution >= 4 is 5.97 Å². The molecule has 2 atom stereocenters. The van der Waals surface area contributed by atoms with Gasteiger partial charge in [-0.05, 0) is 20.3 Å². The minimum absolute atomic E-state index is 0.294. The van der Waals surface area contributed by atoms with Crippen molar-refractivity contribution in [3.8, 4) is 0 Å². The van der Waals surface area contributed by atoms with Crippen molar-refractivity contribution in [2.75, 3.05) is 32.8 Å². The van der Waals surface area contributed by atoms with Crippen LogP contribution in [0.15, 0.2) is 0 Å². The molecule has 2 aliphatic rings. The summed E-state index contributed by atoms with van der Waals surface area (Å²) < 4.78 is 5.34. The summed E-state index contributed by atoms with van der Waals surface area (Å²) in [4.78, 5) is 15.7. The van der Waals surface area contributed by atoms with Gasteiger partial charge in [0.2, 0.25) is 0 Å². The smallest absolute Gasteiger partial charge is 0.320 e. The number of carboxylic acid groups (broad SMARTS) is 1. The SMILES string of the molecule is CC(C)N1C[C@H](N2CCOCC2)C[C@H]1C(=O)O. The zero-order valence-corrected chi connectivity index (χ0v) is 10.6. The molecule has 98 valence electrons. The summed E-state index contributed by atoms with van der Waals surface area (Å²) in [5.74, 6) is -0.686. The standard InChI is InChI=1S/C12H22N2O3/c1-9(2)14-8-10(7-11(14)12(15)16)13-3-5-17-6-4-13/h9-11H,3-8H2,1-2H3,(H,15,16)/t10-,11+/m1/s1. The van der Waals surface area contributed by atoms with Crippen molar-refractivity contribution in [1.29, 1.82) is 0 Å². The Hall–Kier alpha value is -0.650. The fourth-order valence-corrected chi connectivity index (χ4v) is 2.86. The highest BCUT2D eigenvalue weighted by atomic mass is 16.5. The molecule has 17 heavy (non-hydrogen) atoms. The average molecular weight is 242 g/mol. The maximum absolute atomic E-state index is 11.3. The number of carboxylic acids is 1. The highest BCUT2D eigenvalue weighted by molar-refractivity contribution is 5.74. The molecule has 5 nitrogen and oxygen atoms in total. The molecule has 5 heteroatoms. The van der Waals surface area contributed by atoms with E-state index in [-0.39, 0.29) is 6.04 Å². The predicted octanol–water partition coefficient (Wildman–Crippen LogP) is 0.255. The van der Waals surface area contributed by atoms with Gasteiger partial charge in [-0.25, -0.2) is 0 Å². The first-order chi connectivity index (χ1) is 8.09. The maximum Gasteiger partial charge on any atom is 0.320 e. The normalized spacial score (nSPS) is 32.2. The van der Waals surface area contributed by atoms with Gasteiger partial charge in [0.1, 0.15) is 6.04 Å². The molecule has 2 heterocycles. The Labute approximate surface area is 102 Å². The van der Waals surface area contributed by atoms with Crippen molar-refractivity contribution in [1.82, 2.24) is 9.80 Å². The second kappa shape index (κ2) is 5.33. The van der Waals surface area contributed by atoms with E-state index in [9.17, 15) is 9.90 Å². The number of likely N-dealkylation sites (tertiary alicyclic amines) is 1. The lowest BCUT2D eigenvalue weighted by Gasteiger charge is -2.32. The molecule has 0 radical (unpaired) electrons. The molecule has 2 rings (SSSR count). The largest absolute Gasteiger partial charge is 0.480 e. The molecule has 2 saturated heterocycles. The van der Waals surface area contributed by atoms with E-state index in [2.05, 4.69) is 23.6 Å². The summed E-state index contributed by atoms with van der Waals surface area (Å²) >= 11 is 0. The van der Waals surface area contributed by atoms with E-state index < -0.39 is 5.97 Å². The van der Waals surface area contributed by atoms with Crippen LogP contribution in [0.1, 0.15) is 20.3 Å². The monoisotopic (exact) mass is 242 g/mol. The molecule has 2 aliphatic heterocycles. The first kappa shape index (κ1) is 12.8. The van der Waals surface area contributed by atoms with E-state index in [1.165, 1.54) is 0 Å². The second-order valence-corrected chi connectivity index (χ2v) is 5.18. The number of morpholine rings is 1. The van der Waals surface area contributed by atoms with Gasteiger partial charge in [-0.2, -0.15) is 0 Å². The van der Waals surface area contributed by atoms with Crippen LogP contribution in [0.2, 0.25) is 0 Å². The van der Waals surface area contributed by atoms with Crippen LogP contribution in [0.3, 0.4) is 0 Å². The van der Waals surface area contributed by atoms with E-state index in [4.69, 9.17) is 4.74 Å². The minimum atomic E-state index is -0.686. The van der Waals surface area contributed by atoms with Gasteiger partial charge in [0.15, 0.2) is 0 Å². The lowest BCUT2D eigenvalue weighted by atomic mass is 10.1. The zero-order valence-electron chi connectivity index (χ0n) is 10.6. The Morgan fingerprint density at radius 3 is 2.47 bits per heavy atom. The van der Waals surface area contributed by atoms with Crippen LogP contribution in [-0.4, -0.2) is 71.8 Å². The number of nitrogens with zero attached hydrogens (tertiary/aromatic N) is 2. The molecule has 0 spiro atoms. The van der Waals surface area contributed by atoms with Gasteiger partial charge >= 0.3 is 5.97 Å². The Bertz CT molecular complexity index is 277. The molecular formula is C12H22N2O3. The summed E-state index contributed by atoms with van der Waals surface area (Å²) in [6.45, 7) is 8.42. The first-order valence-corrected chi connectivity index (χ1v) is 6.40. The van der Waals surface area contributed by atoms with Gasteiger partial charge in [0.05, 0.1) is 13.2 Å². The average Bonchev–Trinajstić information content (AvgIpc) is 2.75. The number of aliphatic carboxylic acids is 1. The van der Waals surface area contributed by atoms with Gasteiger partial charge in [0.25, 0.3) is 0 Å². The van der Waals surface area contributed by atoms with Crippen LogP contribution in [0.25, 0.3) is 0 Å². The van der Waals surface area contributed by atoms with Crippen molar-refractivity contribution < 1.29 is 14.6 Å². The molecule has 0 aromatic heterocycles. The summed E-state index contributed by atoms with van der Waals surface area (Å²) in [5, 5.41) is 9.26. The van der Waals surface area contributed by atoms with Crippen molar-refractivity contribution in [2.45, 2.75) is 38.4 Å². The van der Waals surface area contributed by atoms with E-state index in [0.29, 0.717) is 12.1 Å². The van der Waals surface area contributed by atoms with Gasteiger partial charge in [-0.15, -0.1) is 0 Å². The van der Waals surface area contributed by atoms with Crippen LogP contribution < -0.4 is 0 Å². The second-order valence-electron chi connectivity index (χ2n) is 5.18. The Balaban J connectivity index is 2.00. The Kier molecular flexibility index (Phi) is 4.01. The Morgan fingerprint density at radius 2 is 2.00 bits per heavy atom. The Morgan fingerprint density at radius 1 is 1.35 bits per heavy atom. The number of carbonyl (C=O) groups is 1. The lowest BCUT2D eigenvalue weighted by molar-refractivity contribution is -0.142. The summed E-state index contributed by atoms with van der Waals surface area (Å²) in [6.07, 6.45) is 0.744. The van der Waals surface area contributed by atoms with Crippen LogP contribution in [0.5, 0.6) is 0 Å². The number of ether oxygens (including phenoxy) is 1. The van der Waals surface area contributed by atoms with E-state index >= 15 is 0 Å². The molecule has 0 aromatic rings. The number of hydrogen-bond donors (Lipinski definition) is 1. The van der Waals surface area contributed by atoms with E-state index in [1.807, 2.05) is 0 Å². The molecule has 0 saturated carbocycles. The maximum atomic E-state index is 11.3. The van der Waals surface area contributed by atoms with Gasteiger partial charge < -0.3 is 9.84 Å². The fraction of sp³-hybridized carbons (Fsp3) is 0.917. The lowest BCUT2D eigenvalue weighted by Crippen LogP contribution is -2.45. The van der Waals surface area contributed by atoms with Crippen molar-refractivity contribution in [2.24, 2.45) is 0 Å². The highest BCUT2D eigenvalue weighted by Crippen LogP contribution is 2.25. The molecule has 0 amide bonds. The number of hydrogen-bond acceptors (Lipinski definition) is 4. The molecule has 2 fully saturated rings. The summed E-state index contributed by atoms with van der Waals surface area (Å²) in [5.41, 5.74) is 0. The van der Waals surface area contributed by atoms with Crippen LogP contribution in [-0.2, 0) is 9.53 Å². The summed E-state index contributed by atoms with van der Waals surface area (Å²) in [7, 11) is 0. The van der Waals surface area contributed by atoms with Gasteiger partial charge in [-0.3, -0.25) is 14.6 Å². The minimum Gasteiger partial charge on any atom is -0.480 e. The third-order valence-electron chi connectivity index (χ3n) is 3.83. The molecule has 0 bridgehead atoms. The molecule has 1 N–H and O–H groups in total. The molecular weight excluding hydrogens is 220 g/mol.